The second-order valence-electron chi connectivity index (χ2n) is 6.52. The van der Waals surface area contributed by atoms with Crippen molar-refractivity contribution < 1.29 is 4.42 Å². The van der Waals surface area contributed by atoms with E-state index in [0.29, 0.717) is 24.5 Å². The molecular weight excluding hydrogens is 456 g/mol. The molecule has 5 nitrogen and oxygen atoms in total. The van der Waals surface area contributed by atoms with Gasteiger partial charge in [-0.1, -0.05) is 36.4 Å². The Kier molecular flexibility index (Phi) is 5.91. The highest BCUT2D eigenvalue weighted by Crippen LogP contribution is 2.25. The lowest BCUT2D eigenvalue weighted by molar-refractivity contribution is 0.224. The van der Waals surface area contributed by atoms with Crippen molar-refractivity contribution in [2.24, 2.45) is 0 Å². The molecule has 0 spiro atoms. The third-order valence-corrected chi connectivity index (χ3v) is 6.00. The summed E-state index contributed by atoms with van der Waals surface area (Å²) in [6.07, 6.45) is 0. The van der Waals surface area contributed by atoms with Gasteiger partial charge >= 0.3 is 0 Å². The van der Waals surface area contributed by atoms with Crippen LogP contribution >= 0.6 is 39.5 Å². The van der Waals surface area contributed by atoms with Crippen LogP contribution in [0.4, 0.5) is 0 Å². The molecule has 0 N–H and O–H groups in total. The van der Waals surface area contributed by atoms with Crippen molar-refractivity contribution in [2.75, 3.05) is 7.05 Å². The lowest BCUT2D eigenvalue weighted by Gasteiger charge is -2.14. The second-order valence-corrected chi connectivity index (χ2v) is 8.61. The number of benzene rings is 1. The molecule has 0 atom stereocenters. The van der Waals surface area contributed by atoms with E-state index in [0.717, 1.165) is 21.1 Å². The molecule has 0 amide bonds. The van der Waals surface area contributed by atoms with Crippen molar-refractivity contribution in [2.45, 2.75) is 19.8 Å². The summed E-state index contributed by atoms with van der Waals surface area (Å²) in [6, 6.07) is 18.3. The van der Waals surface area contributed by atoms with Crippen LogP contribution in [0.15, 0.2) is 69.1 Å². The average molecular weight is 475 g/mol. The van der Waals surface area contributed by atoms with Crippen LogP contribution in [0.3, 0.4) is 0 Å². The van der Waals surface area contributed by atoms with E-state index < -0.39 is 0 Å². The van der Waals surface area contributed by atoms with Crippen LogP contribution in [0.2, 0.25) is 0 Å². The molecule has 4 rings (SSSR count). The number of rotatable bonds is 7. The minimum Gasteiger partial charge on any atom is -0.453 e. The normalized spacial score (nSPS) is 11.4. The third kappa shape index (κ3) is 4.35. The SMILES string of the molecule is CN(Cc1ccc(Br)o1)Cn1nc(-c2cccs2)n(Cc2ccccc2)c1=S. The highest BCUT2D eigenvalue weighted by atomic mass is 79.9. The summed E-state index contributed by atoms with van der Waals surface area (Å²) in [5, 5.41) is 6.90. The van der Waals surface area contributed by atoms with Crippen LogP contribution < -0.4 is 0 Å². The Morgan fingerprint density at radius 1 is 1.14 bits per heavy atom. The zero-order valence-corrected chi connectivity index (χ0v) is 18.5. The fourth-order valence-electron chi connectivity index (χ4n) is 3.01. The van der Waals surface area contributed by atoms with Crippen molar-refractivity contribution in [1.82, 2.24) is 19.2 Å². The summed E-state index contributed by atoms with van der Waals surface area (Å²) in [5.41, 5.74) is 1.20. The van der Waals surface area contributed by atoms with E-state index in [2.05, 4.69) is 49.0 Å². The first-order valence-electron chi connectivity index (χ1n) is 8.78. The zero-order chi connectivity index (χ0) is 19.5. The van der Waals surface area contributed by atoms with Gasteiger partial charge in [0.1, 0.15) is 5.76 Å². The van der Waals surface area contributed by atoms with Gasteiger partial charge in [-0.2, -0.15) is 0 Å². The molecule has 0 fully saturated rings. The van der Waals surface area contributed by atoms with E-state index >= 15 is 0 Å². The first-order chi connectivity index (χ1) is 13.6. The molecule has 3 heterocycles. The number of halogens is 1. The van der Waals surface area contributed by atoms with Gasteiger partial charge < -0.3 is 4.42 Å². The smallest absolute Gasteiger partial charge is 0.199 e. The van der Waals surface area contributed by atoms with Crippen molar-refractivity contribution in [1.29, 1.82) is 0 Å². The predicted octanol–water partition coefficient (Wildman–Crippen LogP) is 5.64. The lowest BCUT2D eigenvalue weighted by Crippen LogP contribution is -2.22. The van der Waals surface area contributed by atoms with Crippen LogP contribution in [-0.4, -0.2) is 26.3 Å². The highest BCUT2D eigenvalue weighted by Gasteiger charge is 2.15. The molecule has 3 aromatic heterocycles. The van der Waals surface area contributed by atoms with Crippen LogP contribution in [0, 0.1) is 4.77 Å². The maximum atomic E-state index is 5.78. The minimum atomic E-state index is 0.581. The molecule has 0 radical (unpaired) electrons. The molecule has 0 aliphatic heterocycles. The van der Waals surface area contributed by atoms with Crippen molar-refractivity contribution in [3.8, 4) is 10.7 Å². The number of hydrogen-bond donors (Lipinski definition) is 0. The maximum absolute atomic E-state index is 5.78. The Labute approximate surface area is 181 Å². The summed E-state index contributed by atoms with van der Waals surface area (Å²) in [4.78, 5) is 3.23. The van der Waals surface area contributed by atoms with Gasteiger partial charge in [0, 0.05) is 0 Å². The summed E-state index contributed by atoms with van der Waals surface area (Å²) in [6.45, 7) is 1.95. The number of thiophene rings is 1. The van der Waals surface area contributed by atoms with Crippen LogP contribution in [0.5, 0.6) is 0 Å². The molecule has 0 aliphatic carbocycles. The van der Waals surface area contributed by atoms with Gasteiger partial charge in [0.05, 0.1) is 24.6 Å². The molecule has 144 valence electrons. The van der Waals surface area contributed by atoms with Gasteiger partial charge in [-0.25, -0.2) is 4.68 Å². The molecule has 8 heteroatoms. The number of hydrogen-bond acceptors (Lipinski definition) is 5. The molecular formula is C20H19BrN4OS2. The van der Waals surface area contributed by atoms with Crippen molar-refractivity contribution in [3.05, 3.63) is 80.7 Å². The van der Waals surface area contributed by atoms with Crippen molar-refractivity contribution >= 4 is 39.5 Å². The molecule has 4 aromatic rings. The average Bonchev–Trinajstić information content (AvgIpc) is 3.41. The minimum absolute atomic E-state index is 0.581. The van der Waals surface area contributed by atoms with Crippen molar-refractivity contribution in [3.63, 3.8) is 0 Å². The fourth-order valence-corrected chi connectivity index (χ4v) is 4.32. The monoisotopic (exact) mass is 474 g/mol. The number of furan rings is 1. The first-order valence-corrected chi connectivity index (χ1v) is 10.9. The van der Waals surface area contributed by atoms with Gasteiger partial charge in [-0.05, 0) is 64.3 Å². The van der Waals surface area contributed by atoms with E-state index in [1.165, 1.54) is 5.56 Å². The van der Waals surface area contributed by atoms with Gasteiger partial charge in [0.15, 0.2) is 15.3 Å². The van der Waals surface area contributed by atoms with E-state index in [9.17, 15) is 0 Å². The van der Waals surface area contributed by atoms with Crippen LogP contribution in [0.1, 0.15) is 11.3 Å². The molecule has 0 aliphatic rings. The van der Waals surface area contributed by atoms with E-state index in [1.807, 2.05) is 48.1 Å². The Morgan fingerprint density at radius 3 is 2.64 bits per heavy atom. The molecule has 0 unspecified atom stereocenters. The van der Waals surface area contributed by atoms with Gasteiger partial charge in [0.25, 0.3) is 0 Å². The molecule has 0 saturated heterocycles. The Hall–Kier alpha value is -2.00. The summed E-state index contributed by atoms with van der Waals surface area (Å²) < 4.78 is 11.0. The Bertz CT molecular complexity index is 1100. The Morgan fingerprint density at radius 2 is 1.96 bits per heavy atom. The summed E-state index contributed by atoms with van der Waals surface area (Å²) in [5.74, 6) is 1.79. The standard InChI is InChI=1S/C20H19BrN4OS2/c1-23(13-16-9-10-18(21)26-16)14-25-20(27)24(12-15-6-3-2-4-7-15)19(22-25)17-8-5-11-28-17/h2-11H,12-14H2,1H3. The van der Waals surface area contributed by atoms with Gasteiger partial charge in [-0.3, -0.25) is 9.47 Å². The molecule has 0 saturated carbocycles. The zero-order valence-electron chi connectivity index (χ0n) is 15.3. The summed E-state index contributed by atoms with van der Waals surface area (Å²) >= 11 is 10.8. The van der Waals surface area contributed by atoms with Gasteiger partial charge in [-0.15, -0.1) is 16.4 Å². The van der Waals surface area contributed by atoms with Crippen LogP contribution in [-0.2, 0) is 19.8 Å². The quantitative estimate of drug-likeness (QED) is 0.325. The summed E-state index contributed by atoms with van der Waals surface area (Å²) in [7, 11) is 2.03. The number of nitrogens with zero attached hydrogens (tertiary/aromatic N) is 4. The maximum Gasteiger partial charge on any atom is 0.199 e. The Balaban J connectivity index is 1.62. The van der Waals surface area contributed by atoms with E-state index in [-0.39, 0.29) is 0 Å². The van der Waals surface area contributed by atoms with E-state index in [4.69, 9.17) is 21.7 Å². The van der Waals surface area contributed by atoms with Gasteiger partial charge in [0.2, 0.25) is 0 Å². The molecule has 28 heavy (non-hydrogen) atoms. The van der Waals surface area contributed by atoms with Crippen LogP contribution in [0.25, 0.3) is 10.7 Å². The fraction of sp³-hybridized carbons (Fsp3) is 0.200. The third-order valence-electron chi connectivity index (χ3n) is 4.28. The topological polar surface area (TPSA) is 39.1 Å². The molecule has 1 aromatic carbocycles. The van der Waals surface area contributed by atoms with E-state index in [1.54, 1.807) is 11.3 Å². The lowest BCUT2D eigenvalue weighted by atomic mass is 10.2. The number of aromatic nitrogens is 3. The first kappa shape index (κ1) is 19.3. The predicted molar refractivity (Wildman–Crippen MR) is 118 cm³/mol. The second kappa shape index (κ2) is 8.57. The largest absolute Gasteiger partial charge is 0.453 e. The molecule has 0 bridgehead atoms. The highest BCUT2D eigenvalue weighted by molar-refractivity contribution is 9.10.